The van der Waals surface area contributed by atoms with E-state index in [9.17, 15) is 9.90 Å². The first-order valence-corrected chi connectivity index (χ1v) is 7.76. The van der Waals surface area contributed by atoms with Gasteiger partial charge in [0.25, 0.3) is 0 Å². The summed E-state index contributed by atoms with van der Waals surface area (Å²) in [6.45, 7) is 7.46. The van der Waals surface area contributed by atoms with E-state index in [1.165, 1.54) is 12.8 Å². The van der Waals surface area contributed by atoms with Crippen LogP contribution in [-0.2, 0) is 9.53 Å². The normalized spacial score (nSPS) is 25.2. The van der Waals surface area contributed by atoms with Crippen molar-refractivity contribution in [1.29, 1.82) is 0 Å². The number of hydrogen-bond donors (Lipinski definition) is 2. The summed E-state index contributed by atoms with van der Waals surface area (Å²) >= 11 is 0. The lowest BCUT2D eigenvalue weighted by Gasteiger charge is -2.36. The molecule has 20 heavy (non-hydrogen) atoms. The molecule has 1 amide bonds. The third-order valence-electron chi connectivity index (χ3n) is 4.44. The van der Waals surface area contributed by atoms with Crippen molar-refractivity contribution in [1.82, 2.24) is 5.32 Å². The number of aliphatic hydroxyl groups is 1. The summed E-state index contributed by atoms with van der Waals surface area (Å²) in [5.74, 6) is 1.35. The SMILES string of the molecule is COCC(O)CNC(=O)CC1CCC(C(C)(C)C)CC1. The quantitative estimate of drug-likeness (QED) is 0.787. The number of ether oxygens (including phenoxy) is 1. The first kappa shape index (κ1) is 17.4. The van der Waals surface area contributed by atoms with Gasteiger partial charge in [0.05, 0.1) is 12.7 Å². The molecule has 1 aliphatic carbocycles. The van der Waals surface area contributed by atoms with Crippen molar-refractivity contribution in [2.24, 2.45) is 17.3 Å². The van der Waals surface area contributed by atoms with E-state index in [-0.39, 0.29) is 19.1 Å². The Morgan fingerprint density at radius 2 is 1.90 bits per heavy atom. The van der Waals surface area contributed by atoms with E-state index < -0.39 is 6.10 Å². The van der Waals surface area contributed by atoms with Gasteiger partial charge in [0.15, 0.2) is 0 Å². The fraction of sp³-hybridized carbons (Fsp3) is 0.938. The summed E-state index contributed by atoms with van der Waals surface area (Å²) in [5, 5.41) is 12.3. The molecule has 1 atom stereocenters. The molecule has 1 aliphatic rings. The Morgan fingerprint density at radius 1 is 1.30 bits per heavy atom. The number of aliphatic hydroxyl groups excluding tert-OH is 1. The van der Waals surface area contributed by atoms with Gasteiger partial charge in [0.1, 0.15) is 0 Å². The van der Waals surface area contributed by atoms with Crippen LogP contribution in [0.1, 0.15) is 52.9 Å². The molecule has 4 nitrogen and oxygen atoms in total. The Labute approximate surface area is 123 Å². The second kappa shape index (κ2) is 7.99. The maximum absolute atomic E-state index is 11.8. The smallest absolute Gasteiger partial charge is 0.220 e. The lowest BCUT2D eigenvalue weighted by Crippen LogP contribution is -2.36. The number of nitrogens with one attached hydrogen (secondary N) is 1. The molecule has 0 radical (unpaired) electrons. The highest BCUT2D eigenvalue weighted by molar-refractivity contribution is 5.76. The number of hydrogen-bond acceptors (Lipinski definition) is 3. The number of rotatable bonds is 6. The predicted octanol–water partition coefficient (Wildman–Crippen LogP) is 2.35. The molecule has 4 heteroatoms. The topological polar surface area (TPSA) is 58.6 Å². The zero-order valence-corrected chi connectivity index (χ0v) is 13.4. The molecule has 1 saturated carbocycles. The summed E-state index contributed by atoms with van der Waals surface area (Å²) < 4.78 is 4.83. The van der Waals surface area contributed by atoms with Crippen molar-refractivity contribution < 1.29 is 14.6 Å². The highest BCUT2D eigenvalue weighted by Gasteiger charge is 2.30. The minimum absolute atomic E-state index is 0.0550. The lowest BCUT2D eigenvalue weighted by molar-refractivity contribution is -0.123. The molecular weight excluding hydrogens is 254 g/mol. The highest BCUT2D eigenvalue weighted by Crippen LogP contribution is 2.40. The molecule has 0 heterocycles. The standard InChI is InChI=1S/C16H31NO3/c1-16(2,3)13-7-5-12(6-8-13)9-15(19)17-10-14(18)11-20-4/h12-14,18H,5-11H2,1-4H3,(H,17,19). The molecule has 0 aromatic rings. The molecule has 0 bridgehead atoms. The number of carbonyl (C=O) groups excluding carboxylic acids is 1. The summed E-state index contributed by atoms with van der Waals surface area (Å²) in [4.78, 5) is 11.8. The summed E-state index contributed by atoms with van der Waals surface area (Å²) in [6, 6.07) is 0. The van der Waals surface area contributed by atoms with Crippen LogP contribution in [0.15, 0.2) is 0 Å². The molecule has 0 aliphatic heterocycles. The van der Waals surface area contributed by atoms with Crippen molar-refractivity contribution in [3.63, 3.8) is 0 Å². The van der Waals surface area contributed by atoms with E-state index >= 15 is 0 Å². The van der Waals surface area contributed by atoms with Gasteiger partial charge in [-0.05, 0) is 42.9 Å². The van der Waals surface area contributed by atoms with Crippen molar-refractivity contribution in [2.75, 3.05) is 20.3 Å². The Morgan fingerprint density at radius 3 is 2.40 bits per heavy atom. The molecule has 0 aromatic carbocycles. The van der Waals surface area contributed by atoms with Crippen molar-refractivity contribution >= 4 is 5.91 Å². The van der Waals surface area contributed by atoms with Crippen LogP contribution in [0.4, 0.5) is 0 Å². The van der Waals surface area contributed by atoms with Crippen LogP contribution in [0, 0.1) is 17.3 Å². The monoisotopic (exact) mass is 285 g/mol. The molecule has 0 aromatic heterocycles. The average molecular weight is 285 g/mol. The van der Waals surface area contributed by atoms with Crippen LogP contribution in [0.5, 0.6) is 0 Å². The zero-order valence-electron chi connectivity index (χ0n) is 13.4. The van der Waals surface area contributed by atoms with Crippen molar-refractivity contribution in [3.8, 4) is 0 Å². The Bertz CT molecular complexity index is 291. The fourth-order valence-corrected chi connectivity index (χ4v) is 3.05. The maximum Gasteiger partial charge on any atom is 0.220 e. The first-order chi connectivity index (χ1) is 9.32. The molecule has 0 spiro atoms. The zero-order chi connectivity index (χ0) is 15.2. The Kier molecular flexibility index (Phi) is 6.96. The molecular formula is C16H31NO3. The first-order valence-electron chi connectivity index (χ1n) is 7.76. The van der Waals surface area contributed by atoms with Gasteiger partial charge in [-0.3, -0.25) is 4.79 Å². The third kappa shape index (κ3) is 6.23. The lowest BCUT2D eigenvalue weighted by atomic mass is 9.69. The molecule has 1 unspecified atom stereocenters. The van der Waals surface area contributed by atoms with E-state index in [4.69, 9.17) is 4.74 Å². The van der Waals surface area contributed by atoms with Gasteiger partial charge in [-0.25, -0.2) is 0 Å². The second-order valence-electron chi connectivity index (χ2n) is 7.20. The maximum atomic E-state index is 11.8. The van der Waals surface area contributed by atoms with E-state index in [0.717, 1.165) is 18.8 Å². The summed E-state index contributed by atoms with van der Waals surface area (Å²) in [6.07, 6.45) is 4.74. The average Bonchev–Trinajstić information content (AvgIpc) is 2.36. The molecule has 1 rings (SSSR count). The van der Waals surface area contributed by atoms with Crippen molar-refractivity contribution in [2.45, 2.75) is 59.0 Å². The minimum atomic E-state index is -0.611. The molecule has 0 saturated heterocycles. The predicted molar refractivity (Wildman–Crippen MR) is 80.4 cm³/mol. The number of amides is 1. The van der Waals surface area contributed by atoms with E-state index in [0.29, 0.717) is 17.8 Å². The van der Waals surface area contributed by atoms with Crippen LogP contribution in [0.2, 0.25) is 0 Å². The Balaban J connectivity index is 2.21. The van der Waals surface area contributed by atoms with E-state index in [1.54, 1.807) is 7.11 Å². The van der Waals surface area contributed by atoms with Gasteiger partial charge < -0.3 is 15.2 Å². The van der Waals surface area contributed by atoms with Gasteiger partial charge in [0, 0.05) is 20.1 Å². The fourth-order valence-electron chi connectivity index (χ4n) is 3.05. The number of carbonyl (C=O) groups is 1. The molecule has 1 fully saturated rings. The summed E-state index contributed by atoms with van der Waals surface area (Å²) in [7, 11) is 1.54. The second-order valence-corrected chi connectivity index (χ2v) is 7.20. The molecule has 118 valence electrons. The van der Waals surface area contributed by atoms with Crippen LogP contribution in [0.3, 0.4) is 0 Å². The minimum Gasteiger partial charge on any atom is -0.389 e. The number of methoxy groups -OCH3 is 1. The third-order valence-corrected chi connectivity index (χ3v) is 4.44. The van der Waals surface area contributed by atoms with Gasteiger partial charge in [-0.1, -0.05) is 20.8 Å². The van der Waals surface area contributed by atoms with Gasteiger partial charge >= 0.3 is 0 Å². The van der Waals surface area contributed by atoms with Gasteiger partial charge in [-0.2, -0.15) is 0 Å². The van der Waals surface area contributed by atoms with Crippen LogP contribution in [-0.4, -0.2) is 37.4 Å². The Hall–Kier alpha value is -0.610. The van der Waals surface area contributed by atoms with E-state index in [2.05, 4.69) is 26.1 Å². The van der Waals surface area contributed by atoms with Crippen LogP contribution in [0.25, 0.3) is 0 Å². The van der Waals surface area contributed by atoms with Crippen molar-refractivity contribution in [3.05, 3.63) is 0 Å². The van der Waals surface area contributed by atoms with Gasteiger partial charge in [0.2, 0.25) is 5.91 Å². The highest BCUT2D eigenvalue weighted by atomic mass is 16.5. The largest absolute Gasteiger partial charge is 0.389 e. The summed E-state index contributed by atoms with van der Waals surface area (Å²) in [5.41, 5.74) is 0.386. The van der Waals surface area contributed by atoms with E-state index in [1.807, 2.05) is 0 Å². The van der Waals surface area contributed by atoms with Gasteiger partial charge in [-0.15, -0.1) is 0 Å². The molecule has 2 N–H and O–H groups in total. The van der Waals surface area contributed by atoms with Crippen LogP contribution < -0.4 is 5.32 Å². The van der Waals surface area contributed by atoms with Crippen LogP contribution >= 0.6 is 0 Å².